The van der Waals surface area contributed by atoms with Gasteiger partial charge in [-0.2, -0.15) is 0 Å². The van der Waals surface area contributed by atoms with Gasteiger partial charge in [0, 0.05) is 12.5 Å². The van der Waals surface area contributed by atoms with E-state index in [2.05, 4.69) is 15.9 Å². The molecule has 0 bridgehead atoms. The van der Waals surface area contributed by atoms with Crippen molar-refractivity contribution in [2.24, 2.45) is 0 Å². The third kappa shape index (κ3) is 3.85. The lowest BCUT2D eigenvalue weighted by Gasteiger charge is -2.27. The van der Waals surface area contributed by atoms with Crippen LogP contribution in [0, 0.1) is 0 Å². The molecule has 1 aromatic rings. The highest BCUT2D eigenvalue weighted by atomic mass is 79.9. The van der Waals surface area contributed by atoms with Crippen LogP contribution in [-0.4, -0.2) is 36.8 Å². The van der Waals surface area contributed by atoms with E-state index in [1.807, 2.05) is 6.92 Å². The first-order valence-electron chi connectivity index (χ1n) is 6.65. The third-order valence-electron chi connectivity index (χ3n) is 3.39. The van der Waals surface area contributed by atoms with Gasteiger partial charge in [-0.15, -0.1) is 0 Å². The van der Waals surface area contributed by atoms with Crippen LogP contribution in [0.4, 0.5) is 0 Å². The summed E-state index contributed by atoms with van der Waals surface area (Å²) in [5.41, 5.74) is 0. The van der Waals surface area contributed by atoms with Gasteiger partial charge >= 0.3 is 0 Å². The first-order valence-corrected chi connectivity index (χ1v) is 9.27. The van der Waals surface area contributed by atoms with Gasteiger partial charge in [0.2, 0.25) is 5.91 Å². The van der Waals surface area contributed by atoms with Gasteiger partial charge in [0.25, 0.3) is 0 Å². The average Bonchev–Trinajstić information content (AvgIpc) is 2.92. The van der Waals surface area contributed by atoms with Gasteiger partial charge in [0.05, 0.1) is 18.1 Å². The van der Waals surface area contributed by atoms with Crippen LogP contribution in [0.5, 0.6) is 0 Å². The fraction of sp³-hybridized carbons (Fsp3) is 0.615. The molecule has 0 unspecified atom stereocenters. The number of furan rings is 1. The van der Waals surface area contributed by atoms with Crippen LogP contribution < -0.4 is 0 Å². The smallest absolute Gasteiger partial charge is 0.223 e. The van der Waals surface area contributed by atoms with Gasteiger partial charge < -0.3 is 9.32 Å². The number of amides is 1. The van der Waals surface area contributed by atoms with Crippen LogP contribution in [0.25, 0.3) is 0 Å². The van der Waals surface area contributed by atoms with E-state index in [1.165, 1.54) is 0 Å². The Bertz CT molecular complexity index is 581. The van der Waals surface area contributed by atoms with Crippen LogP contribution in [0.3, 0.4) is 0 Å². The highest BCUT2D eigenvalue weighted by Gasteiger charge is 2.34. The zero-order chi connectivity index (χ0) is 14.8. The van der Waals surface area contributed by atoms with Gasteiger partial charge in [-0.3, -0.25) is 4.79 Å². The van der Waals surface area contributed by atoms with Crippen molar-refractivity contribution in [1.29, 1.82) is 0 Å². The number of hydrogen-bond acceptors (Lipinski definition) is 4. The SMILES string of the molecule is CCCC(=O)N(Cc1ccc(Br)o1)[C@@H]1CCS(=O)(=O)C1. The second-order valence-electron chi connectivity index (χ2n) is 5.03. The molecule has 0 radical (unpaired) electrons. The summed E-state index contributed by atoms with van der Waals surface area (Å²) >= 11 is 3.23. The van der Waals surface area contributed by atoms with Gasteiger partial charge in [0.15, 0.2) is 14.5 Å². The lowest BCUT2D eigenvalue weighted by molar-refractivity contribution is -0.134. The lowest BCUT2D eigenvalue weighted by Crippen LogP contribution is -2.40. The number of rotatable bonds is 5. The minimum Gasteiger partial charge on any atom is -0.452 e. The van der Waals surface area contributed by atoms with Crippen molar-refractivity contribution in [2.75, 3.05) is 11.5 Å². The highest BCUT2D eigenvalue weighted by molar-refractivity contribution is 9.10. The summed E-state index contributed by atoms with van der Waals surface area (Å²) in [6.07, 6.45) is 1.69. The average molecular weight is 364 g/mol. The number of nitrogens with zero attached hydrogens (tertiary/aromatic N) is 1. The molecule has 1 saturated heterocycles. The lowest BCUT2D eigenvalue weighted by atomic mass is 10.2. The monoisotopic (exact) mass is 363 g/mol. The minimum atomic E-state index is -3.01. The first-order chi connectivity index (χ1) is 9.41. The van der Waals surface area contributed by atoms with E-state index in [0.717, 1.165) is 6.42 Å². The maximum atomic E-state index is 12.2. The quantitative estimate of drug-likeness (QED) is 0.805. The first kappa shape index (κ1) is 15.6. The molecule has 5 nitrogen and oxygen atoms in total. The van der Waals surface area contributed by atoms with Crippen molar-refractivity contribution in [3.63, 3.8) is 0 Å². The Morgan fingerprint density at radius 2 is 2.25 bits per heavy atom. The van der Waals surface area contributed by atoms with E-state index in [0.29, 0.717) is 29.8 Å². The second-order valence-corrected chi connectivity index (χ2v) is 8.04. The number of sulfone groups is 1. The summed E-state index contributed by atoms with van der Waals surface area (Å²) in [4.78, 5) is 13.9. The van der Waals surface area contributed by atoms with Crippen molar-refractivity contribution in [3.8, 4) is 0 Å². The molecule has 1 amide bonds. The Balaban J connectivity index is 2.14. The van der Waals surface area contributed by atoms with Crippen molar-refractivity contribution in [3.05, 3.63) is 22.6 Å². The molecule has 7 heteroatoms. The summed E-state index contributed by atoms with van der Waals surface area (Å²) in [7, 11) is -3.01. The van der Waals surface area contributed by atoms with Crippen LogP contribution in [-0.2, 0) is 21.2 Å². The molecule has 1 aliphatic heterocycles. The summed E-state index contributed by atoms with van der Waals surface area (Å²) in [5.74, 6) is 0.868. The molecule has 1 atom stereocenters. The van der Waals surface area contributed by atoms with Gasteiger partial charge in [-0.1, -0.05) is 6.92 Å². The zero-order valence-electron chi connectivity index (χ0n) is 11.3. The van der Waals surface area contributed by atoms with Crippen LogP contribution >= 0.6 is 15.9 Å². The second kappa shape index (κ2) is 6.30. The van der Waals surface area contributed by atoms with E-state index >= 15 is 0 Å². The molecular formula is C13H18BrNO4S. The summed E-state index contributed by atoms with van der Waals surface area (Å²) in [6.45, 7) is 2.26. The van der Waals surface area contributed by atoms with Crippen molar-refractivity contribution < 1.29 is 17.6 Å². The van der Waals surface area contributed by atoms with E-state index in [4.69, 9.17) is 4.42 Å². The largest absolute Gasteiger partial charge is 0.452 e. The van der Waals surface area contributed by atoms with Crippen LogP contribution in [0.2, 0.25) is 0 Å². The number of hydrogen-bond donors (Lipinski definition) is 0. The molecule has 0 spiro atoms. The van der Waals surface area contributed by atoms with E-state index < -0.39 is 9.84 Å². The molecule has 0 N–H and O–H groups in total. The Kier molecular flexibility index (Phi) is 4.90. The minimum absolute atomic E-state index is 0.0119. The number of halogens is 1. The molecule has 20 heavy (non-hydrogen) atoms. The number of carbonyl (C=O) groups excluding carboxylic acids is 1. The standard InChI is InChI=1S/C13H18BrNO4S/c1-2-3-13(16)15(8-11-4-5-12(14)19-11)10-6-7-20(17,18)9-10/h4-5,10H,2-3,6-9H2,1H3/t10-/m1/s1. The molecule has 1 aromatic heterocycles. The summed E-state index contributed by atoms with van der Waals surface area (Å²) in [5, 5.41) is 0. The maximum absolute atomic E-state index is 12.2. The predicted molar refractivity (Wildman–Crippen MR) is 78.9 cm³/mol. The van der Waals surface area contributed by atoms with Crippen molar-refractivity contribution in [1.82, 2.24) is 4.90 Å². The van der Waals surface area contributed by atoms with Crippen LogP contribution in [0.15, 0.2) is 21.2 Å². The van der Waals surface area contributed by atoms with Gasteiger partial charge in [-0.05, 0) is 40.9 Å². The molecule has 1 fully saturated rings. The molecule has 2 heterocycles. The molecule has 1 aliphatic rings. The maximum Gasteiger partial charge on any atom is 0.223 e. The molecule has 112 valence electrons. The Labute approximate surface area is 127 Å². The highest BCUT2D eigenvalue weighted by Crippen LogP contribution is 2.23. The van der Waals surface area contributed by atoms with Crippen molar-refractivity contribution in [2.45, 2.75) is 38.8 Å². The predicted octanol–water partition coefficient (Wildman–Crippen LogP) is 2.36. The Hall–Kier alpha value is -0.820. The third-order valence-corrected chi connectivity index (χ3v) is 5.56. The number of carbonyl (C=O) groups is 1. The van der Waals surface area contributed by atoms with E-state index in [-0.39, 0.29) is 23.5 Å². The Morgan fingerprint density at radius 1 is 1.50 bits per heavy atom. The topological polar surface area (TPSA) is 67.6 Å². The van der Waals surface area contributed by atoms with E-state index in [1.54, 1.807) is 17.0 Å². The fourth-order valence-corrected chi connectivity index (χ4v) is 4.47. The zero-order valence-corrected chi connectivity index (χ0v) is 13.7. The molecule has 0 aliphatic carbocycles. The van der Waals surface area contributed by atoms with Crippen LogP contribution in [0.1, 0.15) is 31.9 Å². The fourth-order valence-electron chi connectivity index (χ4n) is 2.40. The van der Waals surface area contributed by atoms with Gasteiger partial charge in [-0.25, -0.2) is 8.42 Å². The molecule has 0 saturated carbocycles. The van der Waals surface area contributed by atoms with Crippen molar-refractivity contribution >= 4 is 31.7 Å². The summed E-state index contributed by atoms with van der Waals surface area (Å²) in [6, 6.07) is 3.33. The van der Waals surface area contributed by atoms with E-state index in [9.17, 15) is 13.2 Å². The summed E-state index contributed by atoms with van der Waals surface area (Å²) < 4.78 is 29.3. The molecule has 0 aromatic carbocycles. The Morgan fingerprint density at radius 3 is 2.75 bits per heavy atom. The molecule has 2 rings (SSSR count). The van der Waals surface area contributed by atoms with Gasteiger partial charge in [0.1, 0.15) is 5.76 Å². The molecular weight excluding hydrogens is 346 g/mol. The normalized spacial score (nSPS) is 21.0.